The third-order valence-corrected chi connectivity index (χ3v) is 4.84. The van der Waals surface area contributed by atoms with E-state index in [0.717, 1.165) is 11.0 Å². The molecule has 0 bridgehead atoms. The fraction of sp³-hybridized carbons (Fsp3) is 1.00. The highest BCUT2D eigenvalue weighted by molar-refractivity contribution is 8.32. The molecule has 52 valence electrons. The Labute approximate surface area is 59.8 Å². The van der Waals surface area contributed by atoms with Crippen molar-refractivity contribution in [3.63, 3.8) is 0 Å². The highest BCUT2D eigenvalue weighted by Crippen LogP contribution is 2.40. The van der Waals surface area contributed by atoms with Crippen LogP contribution in [0.4, 0.5) is 0 Å². The lowest BCUT2D eigenvalue weighted by molar-refractivity contribution is 1.12. The topological polar surface area (TPSA) is 0 Å². The zero-order chi connectivity index (χ0) is 6.78. The molecule has 0 aromatic rings. The normalized spacial score (nSPS) is 18.1. The largest absolute Gasteiger partial charge is 0.246 e. The summed E-state index contributed by atoms with van der Waals surface area (Å²) in [6.07, 6.45) is 6.98. The summed E-state index contributed by atoms with van der Waals surface area (Å²) >= 11 is 4.23. The summed E-state index contributed by atoms with van der Waals surface area (Å²) in [7, 11) is -0.329. The zero-order valence-corrected chi connectivity index (χ0v) is 7.85. The summed E-state index contributed by atoms with van der Waals surface area (Å²) in [6, 6.07) is 0. The van der Waals surface area contributed by atoms with E-state index in [4.69, 9.17) is 0 Å². The molecule has 0 N–H and O–H groups in total. The summed E-state index contributed by atoms with van der Waals surface area (Å²) in [6.45, 7) is 2.27. The Morgan fingerprint density at radius 2 is 1.75 bits per heavy atom. The third kappa shape index (κ3) is 2.88. The van der Waals surface area contributed by atoms with E-state index in [1.54, 1.807) is 0 Å². The van der Waals surface area contributed by atoms with Gasteiger partial charge in [-0.25, -0.2) is 10.0 Å². The molecule has 1 atom stereocenters. The summed E-state index contributed by atoms with van der Waals surface area (Å²) in [5.41, 5.74) is 0. The van der Waals surface area contributed by atoms with Crippen LogP contribution in [0.1, 0.15) is 6.92 Å². The monoisotopic (exact) mass is 152 g/mol. The van der Waals surface area contributed by atoms with Crippen LogP contribution >= 0.6 is 22.7 Å². The lowest BCUT2D eigenvalue weighted by Crippen LogP contribution is -2.12. The maximum Gasteiger partial charge on any atom is 0.000422 e. The summed E-state index contributed by atoms with van der Waals surface area (Å²) in [4.78, 5) is 0. The van der Waals surface area contributed by atoms with Gasteiger partial charge in [-0.05, 0) is 24.0 Å². The molecule has 0 aliphatic rings. The number of hydrogen-bond donors (Lipinski definition) is 1. The molecule has 0 rings (SSSR count). The van der Waals surface area contributed by atoms with Crippen molar-refractivity contribution in [1.82, 2.24) is 0 Å². The Bertz CT molecular complexity index is 63.4. The van der Waals surface area contributed by atoms with Gasteiger partial charge in [-0.2, -0.15) is 12.6 Å². The Morgan fingerprint density at radius 1 is 1.38 bits per heavy atom. The van der Waals surface area contributed by atoms with Crippen molar-refractivity contribution in [3.8, 4) is 0 Å². The lowest BCUT2D eigenvalue weighted by Gasteiger charge is -2.31. The molecule has 8 heavy (non-hydrogen) atoms. The van der Waals surface area contributed by atoms with Gasteiger partial charge in [0.25, 0.3) is 0 Å². The second kappa shape index (κ2) is 3.02. The molecule has 1 unspecified atom stereocenters. The molecule has 0 radical (unpaired) electrons. The van der Waals surface area contributed by atoms with Crippen LogP contribution in [0.2, 0.25) is 0 Å². The van der Waals surface area contributed by atoms with E-state index in [1.165, 1.54) is 0 Å². The maximum absolute atomic E-state index is 4.23. The molecule has 0 aliphatic carbocycles. The fourth-order valence-corrected chi connectivity index (χ4v) is 2.01. The van der Waals surface area contributed by atoms with Crippen molar-refractivity contribution in [2.45, 2.75) is 12.2 Å². The van der Waals surface area contributed by atoms with Gasteiger partial charge in [0.05, 0.1) is 0 Å². The van der Waals surface area contributed by atoms with Gasteiger partial charge in [0, 0.05) is 5.75 Å². The predicted molar refractivity (Wildman–Crippen MR) is 48.7 cm³/mol. The molecule has 0 heterocycles. The number of hydrogen-bond acceptors (Lipinski definition) is 1. The van der Waals surface area contributed by atoms with Crippen LogP contribution in [-0.4, -0.2) is 29.8 Å². The maximum atomic E-state index is 4.23. The van der Waals surface area contributed by atoms with Gasteiger partial charge in [0.2, 0.25) is 0 Å². The summed E-state index contributed by atoms with van der Waals surface area (Å²) in [5.74, 6) is 1.03. The quantitative estimate of drug-likeness (QED) is 0.575. The third-order valence-electron chi connectivity index (χ3n) is 1.46. The second-order valence-corrected chi connectivity index (χ2v) is 7.96. The standard InChI is InChI=1S/C6H16S2/c1-6(5-7)8(2,3)4/h6-7H,5H2,1-4H3. The van der Waals surface area contributed by atoms with E-state index >= 15 is 0 Å². The molecule has 0 saturated carbocycles. The average molecular weight is 152 g/mol. The first-order valence-electron chi connectivity index (χ1n) is 2.76. The van der Waals surface area contributed by atoms with Crippen molar-refractivity contribution < 1.29 is 0 Å². The molecule has 0 nitrogen and oxygen atoms in total. The minimum Gasteiger partial charge on any atom is -0.246 e. The first-order valence-corrected chi connectivity index (χ1v) is 6.32. The van der Waals surface area contributed by atoms with E-state index in [0.29, 0.717) is 0 Å². The Hall–Kier alpha value is 0.700. The van der Waals surface area contributed by atoms with E-state index in [2.05, 4.69) is 38.3 Å². The van der Waals surface area contributed by atoms with Crippen molar-refractivity contribution >= 4 is 22.7 Å². The van der Waals surface area contributed by atoms with Gasteiger partial charge < -0.3 is 0 Å². The van der Waals surface area contributed by atoms with E-state index in [9.17, 15) is 0 Å². The van der Waals surface area contributed by atoms with Crippen molar-refractivity contribution in [2.75, 3.05) is 24.5 Å². The molecule has 0 amide bonds. The van der Waals surface area contributed by atoms with Crippen molar-refractivity contribution in [2.24, 2.45) is 0 Å². The fourth-order valence-electron chi connectivity index (χ4n) is 0.224. The Balaban J connectivity index is 3.62. The van der Waals surface area contributed by atoms with Gasteiger partial charge in [-0.1, -0.05) is 6.92 Å². The summed E-state index contributed by atoms with van der Waals surface area (Å²) in [5, 5.41) is 0.797. The van der Waals surface area contributed by atoms with E-state index in [-0.39, 0.29) is 10.0 Å². The van der Waals surface area contributed by atoms with Crippen LogP contribution in [0.15, 0.2) is 0 Å². The van der Waals surface area contributed by atoms with Crippen LogP contribution in [0, 0.1) is 0 Å². The zero-order valence-electron chi connectivity index (χ0n) is 6.14. The smallest absolute Gasteiger partial charge is 0.000422 e. The van der Waals surface area contributed by atoms with Gasteiger partial charge in [-0.15, -0.1) is 0 Å². The molecule has 2 heteroatoms. The van der Waals surface area contributed by atoms with Crippen LogP contribution in [-0.2, 0) is 0 Å². The first kappa shape index (κ1) is 8.70. The van der Waals surface area contributed by atoms with Crippen molar-refractivity contribution in [3.05, 3.63) is 0 Å². The van der Waals surface area contributed by atoms with Crippen molar-refractivity contribution in [1.29, 1.82) is 0 Å². The van der Waals surface area contributed by atoms with Crippen LogP contribution < -0.4 is 0 Å². The van der Waals surface area contributed by atoms with Gasteiger partial charge in [0.1, 0.15) is 0 Å². The average Bonchev–Trinajstić information content (AvgIpc) is 1.62. The van der Waals surface area contributed by atoms with Crippen LogP contribution in [0.25, 0.3) is 0 Å². The molecule has 0 saturated heterocycles. The minimum atomic E-state index is -0.329. The van der Waals surface area contributed by atoms with Gasteiger partial charge in [-0.3, -0.25) is 0 Å². The molecular weight excluding hydrogens is 136 g/mol. The summed E-state index contributed by atoms with van der Waals surface area (Å²) < 4.78 is 0. The SMILES string of the molecule is CC(CS)S(C)(C)C. The highest BCUT2D eigenvalue weighted by atomic mass is 32.3. The minimum absolute atomic E-state index is 0.329. The Kier molecular flexibility index (Phi) is 3.28. The molecule has 0 fully saturated rings. The number of thiol groups is 1. The first-order chi connectivity index (χ1) is 3.48. The molecule has 0 aromatic heterocycles. The molecule has 0 spiro atoms. The van der Waals surface area contributed by atoms with Crippen LogP contribution in [0.3, 0.4) is 0 Å². The predicted octanol–water partition coefficient (Wildman–Crippen LogP) is 2.00. The highest BCUT2D eigenvalue weighted by Gasteiger charge is 2.11. The molecular formula is C6H16S2. The van der Waals surface area contributed by atoms with Gasteiger partial charge >= 0.3 is 0 Å². The van der Waals surface area contributed by atoms with E-state index < -0.39 is 0 Å². The Morgan fingerprint density at radius 3 is 1.75 bits per heavy atom. The number of rotatable bonds is 2. The lowest BCUT2D eigenvalue weighted by atomic mass is 10.6. The second-order valence-electron chi connectivity index (χ2n) is 2.93. The van der Waals surface area contributed by atoms with Gasteiger partial charge in [0.15, 0.2) is 0 Å². The van der Waals surface area contributed by atoms with E-state index in [1.807, 2.05) is 0 Å². The molecule has 0 aromatic carbocycles. The van der Waals surface area contributed by atoms with Crippen LogP contribution in [0.5, 0.6) is 0 Å². The molecule has 0 aliphatic heterocycles.